The summed E-state index contributed by atoms with van der Waals surface area (Å²) in [5.41, 5.74) is 5.35. The van der Waals surface area contributed by atoms with Crippen molar-refractivity contribution in [1.29, 1.82) is 0 Å². The molecular formula is C24H31N3O3S. The van der Waals surface area contributed by atoms with Crippen molar-refractivity contribution in [2.75, 3.05) is 38.5 Å². The quantitative estimate of drug-likeness (QED) is 0.436. The number of aromatic nitrogens is 2. The Morgan fingerprint density at radius 3 is 2.74 bits per heavy atom. The molecule has 31 heavy (non-hydrogen) atoms. The fourth-order valence-corrected chi connectivity index (χ4v) is 4.99. The van der Waals surface area contributed by atoms with E-state index in [1.165, 1.54) is 0 Å². The number of nitrogens with zero attached hydrogens (tertiary/aromatic N) is 3. The Bertz CT molecular complexity index is 1060. The van der Waals surface area contributed by atoms with Crippen molar-refractivity contribution in [3.63, 3.8) is 0 Å². The third-order valence-electron chi connectivity index (χ3n) is 5.78. The second kappa shape index (κ2) is 9.40. The number of benzene rings is 1. The number of aryl methyl sites for hydroxylation is 1. The summed E-state index contributed by atoms with van der Waals surface area (Å²) in [6.07, 6.45) is 5.40. The summed E-state index contributed by atoms with van der Waals surface area (Å²) >= 11 is 1.68. The van der Waals surface area contributed by atoms with Gasteiger partial charge in [0, 0.05) is 24.8 Å². The molecule has 1 aromatic carbocycles. The van der Waals surface area contributed by atoms with E-state index in [4.69, 9.17) is 19.3 Å². The van der Waals surface area contributed by atoms with Crippen LogP contribution in [0.4, 0.5) is 5.69 Å². The predicted octanol–water partition coefficient (Wildman–Crippen LogP) is 5.40. The molecule has 1 saturated heterocycles. The Labute approximate surface area is 188 Å². The van der Waals surface area contributed by atoms with Crippen LogP contribution in [0.3, 0.4) is 0 Å². The lowest BCUT2D eigenvalue weighted by molar-refractivity contribution is 0.107. The van der Waals surface area contributed by atoms with Crippen LogP contribution in [0.2, 0.25) is 0 Å². The lowest BCUT2D eigenvalue weighted by atomic mass is 10.0. The average molecular weight is 442 g/mol. The van der Waals surface area contributed by atoms with Crippen LogP contribution in [0.25, 0.3) is 16.8 Å². The summed E-state index contributed by atoms with van der Waals surface area (Å²) in [5, 5.41) is 6.05. The fraction of sp³-hybridized carbons (Fsp3) is 0.458. The largest absolute Gasteiger partial charge is 0.497 e. The maximum Gasteiger partial charge on any atom is 0.142 e. The van der Waals surface area contributed by atoms with E-state index in [-0.39, 0.29) is 6.23 Å². The first-order valence-electron chi connectivity index (χ1n) is 10.8. The van der Waals surface area contributed by atoms with Gasteiger partial charge in [0.15, 0.2) is 0 Å². The van der Waals surface area contributed by atoms with Crippen LogP contribution >= 0.6 is 11.8 Å². The van der Waals surface area contributed by atoms with E-state index in [9.17, 15) is 0 Å². The second-order valence-corrected chi connectivity index (χ2v) is 8.54. The molecule has 0 radical (unpaired) electrons. The van der Waals surface area contributed by atoms with Crippen molar-refractivity contribution in [1.82, 2.24) is 9.61 Å². The molecule has 1 aliphatic rings. The van der Waals surface area contributed by atoms with Gasteiger partial charge < -0.3 is 19.1 Å². The first kappa shape index (κ1) is 21.8. The third-order valence-corrected chi connectivity index (χ3v) is 6.45. The van der Waals surface area contributed by atoms with Crippen molar-refractivity contribution in [2.45, 2.75) is 44.4 Å². The standard InChI is InChI=1S/C24H31N3O3S/c1-6-12-26(21-11-8-13-30-21)23-19-10-7-9-18(27(19)25-24(23)31-5)22-16(2)14-17(28-3)15-20(22)29-4/h7,9-10,14-15,21H,6,8,11-13H2,1-5H3. The number of pyridine rings is 1. The van der Waals surface area contributed by atoms with E-state index >= 15 is 0 Å². The first-order valence-corrected chi connectivity index (χ1v) is 12.0. The number of anilines is 1. The normalized spacial score (nSPS) is 16.1. The molecule has 7 heteroatoms. The Balaban J connectivity index is 1.93. The van der Waals surface area contributed by atoms with E-state index in [1.54, 1.807) is 26.0 Å². The van der Waals surface area contributed by atoms with Gasteiger partial charge in [-0.1, -0.05) is 13.0 Å². The molecule has 1 aliphatic heterocycles. The summed E-state index contributed by atoms with van der Waals surface area (Å²) in [7, 11) is 3.37. The van der Waals surface area contributed by atoms with Crippen LogP contribution in [0.5, 0.6) is 11.5 Å². The first-order chi connectivity index (χ1) is 15.1. The van der Waals surface area contributed by atoms with Gasteiger partial charge >= 0.3 is 0 Å². The monoisotopic (exact) mass is 441 g/mol. The van der Waals surface area contributed by atoms with Crippen molar-refractivity contribution >= 4 is 23.0 Å². The molecule has 0 N–H and O–H groups in total. The summed E-state index contributed by atoms with van der Waals surface area (Å²) in [6.45, 7) is 6.05. The highest BCUT2D eigenvalue weighted by molar-refractivity contribution is 7.98. The molecule has 1 unspecified atom stereocenters. The number of hydrogen-bond donors (Lipinski definition) is 0. The fourth-order valence-electron chi connectivity index (χ4n) is 4.41. The zero-order valence-electron chi connectivity index (χ0n) is 19.0. The number of rotatable bonds is 8. The Kier molecular flexibility index (Phi) is 6.62. The van der Waals surface area contributed by atoms with Crippen LogP contribution in [0, 0.1) is 6.92 Å². The molecule has 3 heterocycles. The number of thioether (sulfide) groups is 1. The van der Waals surface area contributed by atoms with Gasteiger partial charge in [0.2, 0.25) is 0 Å². The highest BCUT2D eigenvalue weighted by Gasteiger charge is 2.29. The van der Waals surface area contributed by atoms with Crippen molar-refractivity contribution in [2.24, 2.45) is 0 Å². The summed E-state index contributed by atoms with van der Waals surface area (Å²) in [6, 6.07) is 10.3. The zero-order chi connectivity index (χ0) is 22.0. The lowest BCUT2D eigenvalue weighted by Crippen LogP contribution is -2.35. The molecule has 0 saturated carbocycles. The van der Waals surface area contributed by atoms with Gasteiger partial charge in [-0.05, 0) is 56.2 Å². The van der Waals surface area contributed by atoms with Crippen LogP contribution < -0.4 is 14.4 Å². The van der Waals surface area contributed by atoms with Crippen molar-refractivity contribution in [3.05, 3.63) is 35.9 Å². The van der Waals surface area contributed by atoms with Gasteiger partial charge in [0.05, 0.1) is 31.1 Å². The molecular weight excluding hydrogens is 410 g/mol. The average Bonchev–Trinajstić information content (AvgIpc) is 3.45. The van der Waals surface area contributed by atoms with E-state index in [1.807, 2.05) is 12.1 Å². The van der Waals surface area contributed by atoms with Gasteiger partial charge in [-0.15, -0.1) is 11.8 Å². The van der Waals surface area contributed by atoms with Gasteiger partial charge in [0.1, 0.15) is 22.8 Å². The highest BCUT2D eigenvalue weighted by Crippen LogP contribution is 2.41. The molecule has 2 aromatic heterocycles. The number of methoxy groups -OCH3 is 2. The number of ether oxygens (including phenoxy) is 3. The Morgan fingerprint density at radius 2 is 2.10 bits per heavy atom. The molecule has 1 atom stereocenters. The molecule has 166 valence electrons. The summed E-state index contributed by atoms with van der Waals surface area (Å²) < 4.78 is 19.3. The van der Waals surface area contributed by atoms with E-state index < -0.39 is 0 Å². The van der Waals surface area contributed by atoms with Crippen molar-refractivity contribution < 1.29 is 14.2 Å². The van der Waals surface area contributed by atoms with Crippen LogP contribution in [0.1, 0.15) is 31.7 Å². The minimum Gasteiger partial charge on any atom is -0.497 e. The van der Waals surface area contributed by atoms with E-state index in [0.717, 1.165) is 77.0 Å². The number of hydrogen-bond acceptors (Lipinski definition) is 6. The summed E-state index contributed by atoms with van der Waals surface area (Å²) in [5.74, 6) is 1.56. The highest BCUT2D eigenvalue weighted by atomic mass is 32.2. The molecule has 3 aromatic rings. The Hall–Kier alpha value is -2.38. The van der Waals surface area contributed by atoms with Crippen molar-refractivity contribution in [3.8, 4) is 22.8 Å². The molecule has 4 rings (SSSR count). The topological polar surface area (TPSA) is 48.2 Å². The minimum atomic E-state index is 0.111. The number of fused-ring (bicyclic) bond motifs is 1. The third kappa shape index (κ3) is 3.96. The van der Waals surface area contributed by atoms with Gasteiger partial charge in [0.25, 0.3) is 0 Å². The molecule has 0 amide bonds. The minimum absolute atomic E-state index is 0.111. The molecule has 6 nitrogen and oxygen atoms in total. The van der Waals surface area contributed by atoms with E-state index in [0.29, 0.717) is 0 Å². The van der Waals surface area contributed by atoms with Crippen LogP contribution in [-0.4, -0.2) is 49.5 Å². The lowest BCUT2D eigenvalue weighted by Gasteiger charge is -2.30. The van der Waals surface area contributed by atoms with Crippen LogP contribution in [-0.2, 0) is 4.74 Å². The molecule has 1 fully saturated rings. The maximum absolute atomic E-state index is 6.08. The second-order valence-electron chi connectivity index (χ2n) is 7.75. The predicted molar refractivity (Wildman–Crippen MR) is 127 cm³/mol. The zero-order valence-corrected chi connectivity index (χ0v) is 19.8. The van der Waals surface area contributed by atoms with Gasteiger partial charge in [-0.2, -0.15) is 5.10 Å². The maximum atomic E-state index is 6.08. The molecule has 0 aliphatic carbocycles. The Morgan fingerprint density at radius 1 is 1.26 bits per heavy atom. The molecule has 0 bridgehead atoms. The van der Waals surface area contributed by atoms with Gasteiger partial charge in [-0.25, -0.2) is 4.52 Å². The van der Waals surface area contributed by atoms with Gasteiger partial charge in [-0.3, -0.25) is 0 Å². The SMILES string of the molecule is CCCN(c1c(SC)nn2c(-c3c(C)cc(OC)cc3OC)cccc12)C1CCCO1. The van der Waals surface area contributed by atoms with Crippen LogP contribution in [0.15, 0.2) is 35.4 Å². The summed E-state index contributed by atoms with van der Waals surface area (Å²) in [4.78, 5) is 2.41. The molecule has 0 spiro atoms. The van der Waals surface area contributed by atoms with E-state index in [2.05, 4.69) is 47.7 Å². The smallest absolute Gasteiger partial charge is 0.142 e.